The lowest BCUT2D eigenvalue weighted by Crippen LogP contribution is -2.66. The first kappa shape index (κ1) is 25.8. The van der Waals surface area contributed by atoms with Crippen LogP contribution in [0.4, 0.5) is 0 Å². The van der Waals surface area contributed by atoms with E-state index in [9.17, 15) is 9.90 Å². The van der Waals surface area contributed by atoms with Crippen molar-refractivity contribution in [1.82, 2.24) is 0 Å². The molecule has 0 heterocycles. The van der Waals surface area contributed by atoms with Crippen LogP contribution in [-0.2, 0) is 9.53 Å². The molecule has 0 aromatic rings. The van der Waals surface area contributed by atoms with E-state index in [1.54, 1.807) is 6.92 Å². The van der Waals surface area contributed by atoms with Gasteiger partial charge in [0, 0.05) is 12.3 Å². The average Bonchev–Trinajstić information content (AvgIpc) is 3.16. The number of esters is 1. The lowest BCUT2D eigenvalue weighted by atomic mass is 9.32. The van der Waals surface area contributed by atoms with E-state index in [2.05, 4.69) is 48.1 Å². The Balaban J connectivity index is 1.53. The van der Waals surface area contributed by atoms with E-state index in [4.69, 9.17) is 4.74 Å². The molecule has 0 aromatic carbocycles. The Morgan fingerprint density at radius 3 is 2.23 bits per heavy atom. The molecule has 0 spiro atoms. The number of fused-ring (bicyclic) bond motifs is 7. The smallest absolute Gasteiger partial charge is 0.302 e. The van der Waals surface area contributed by atoms with E-state index in [1.807, 2.05) is 0 Å². The number of ether oxygens (including phenoxy) is 1. The van der Waals surface area contributed by atoms with E-state index >= 15 is 0 Å². The molecule has 5 saturated carbocycles. The molecule has 0 amide bonds. The monoisotopic (exact) mass is 484 g/mol. The fourth-order valence-electron chi connectivity index (χ4n) is 11.8. The van der Waals surface area contributed by atoms with Crippen LogP contribution in [0.2, 0.25) is 0 Å². The maximum atomic E-state index is 11.9. The minimum atomic E-state index is -0.164. The Bertz CT molecular complexity index is 891. The lowest BCUT2D eigenvalue weighted by molar-refractivity contribution is -0.249. The third-order valence-corrected chi connectivity index (χ3v) is 13.8. The summed E-state index contributed by atoms with van der Waals surface area (Å²) < 4.78 is 5.79. The summed E-state index contributed by atoms with van der Waals surface area (Å²) in [5.41, 5.74) is 2.45. The molecule has 1 unspecified atom stereocenters. The van der Waals surface area contributed by atoms with Gasteiger partial charge in [-0.25, -0.2) is 0 Å². The summed E-state index contributed by atoms with van der Waals surface area (Å²) in [6.45, 7) is 21.5. The molecule has 10 atom stereocenters. The highest BCUT2D eigenvalue weighted by Crippen LogP contribution is 2.77. The first-order valence-electron chi connectivity index (χ1n) is 14.7. The number of rotatable bonds is 3. The Morgan fingerprint density at radius 2 is 1.57 bits per heavy atom. The third kappa shape index (κ3) is 3.34. The average molecular weight is 485 g/mol. The number of allylic oxidation sites excluding steroid dienone is 1. The highest BCUT2D eigenvalue weighted by Gasteiger charge is 2.70. The zero-order valence-electron chi connectivity index (χ0n) is 23.7. The van der Waals surface area contributed by atoms with Gasteiger partial charge in [0.1, 0.15) is 0 Å². The molecule has 0 aliphatic heterocycles. The molecule has 1 N–H and O–H groups in total. The third-order valence-electron chi connectivity index (χ3n) is 13.8. The van der Waals surface area contributed by atoms with Gasteiger partial charge < -0.3 is 9.84 Å². The second-order valence-corrected chi connectivity index (χ2v) is 15.2. The molecule has 5 fully saturated rings. The zero-order chi connectivity index (χ0) is 25.6. The normalized spacial score (nSPS) is 52.5. The van der Waals surface area contributed by atoms with Gasteiger partial charge in [-0.15, -0.1) is 0 Å². The highest BCUT2D eigenvalue weighted by atomic mass is 16.5. The molecule has 0 bridgehead atoms. The summed E-state index contributed by atoms with van der Waals surface area (Å²) in [6.07, 6.45) is 12.0. The minimum Gasteiger partial charge on any atom is -0.465 e. The Morgan fingerprint density at radius 1 is 0.857 bits per heavy atom. The van der Waals surface area contributed by atoms with Gasteiger partial charge in [0.05, 0.1) is 12.7 Å². The zero-order valence-corrected chi connectivity index (χ0v) is 23.7. The summed E-state index contributed by atoms with van der Waals surface area (Å²) in [7, 11) is 0. The van der Waals surface area contributed by atoms with Crippen molar-refractivity contribution in [3.8, 4) is 0 Å². The molecule has 5 rings (SSSR count). The SMILES string of the molecule is C=C(C)[C@@H]1CC[C@]2(COC(C)=O)CC[C@]3(C)[C@H](CC[C@@H]4[C@@]5(C)CC[C@H](O)C(C)(C)[C@@H]5CC[C@]43C)C12. The summed E-state index contributed by atoms with van der Waals surface area (Å²) in [5, 5.41) is 10.9. The van der Waals surface area contributed by atoms with Gasteiger partial charge in [-0.05, 0) is 122 Å². The molecule has 5 aliphatic carbocycles. The van der Waals surface area contributed by atoms with Crippen LogP contribution in [0, 0.1) is 56.7 Å². The molecule has 0 aromatic heterocycles. The number of aliphatic hydroxyl groups excluding tert-OH is 1. The molecule has 3 heteroatoms. The van der Waals surface area contributed by atoms with E-state index in [1.165, 1.54) is 63.4 Å². The second kappa shape index (κ2) is 8.08. The first-order chi connectivity index (χ1) is 16.2. The Kier molecular flexibility index (Phi) is 5.96. The van der Waals surface area contributed by atoms with E-state index in [0.717, 1.165) is 12.3 Å². The fourth-order valence-corrected chi connectivity index (χ4v) is 11.8. The minimum absolute atomic E-state index is 0.00826. The van der Waals surface area contributed by atoms with Gasteiger partial charge in [0.25, 0.3) is 0 Å². The van der Waals surface area contributed by atoms with Crippen molar-refractivity contribution in [2.45, 2.75) is 119 Å². The van der Waals surface area contributed by atoms with Crippen LogP contribution in [0.3, 0.4) is 0 Å². The molecule has 198 valence electrons. The standard InChI is InChI=1S/C32H52O3/c1-20(2)22-11-16-32(19-35-21(3)33)18-17-30(7)23(27(22)32)9-10-25-29(6)14-13-26(34)28(4,5)24(29)12-15-31(25,30)8/h22-27,34H,1,9-19H2,2-8H3/t22-,23+,24-,25+,26-,27?,29-,30+,31+,32+/m0/s1. The van der Waals surface area contributed by atoms with Crippen molar-refractivity contribution in [2.24, 2.45) is 56.7 Å². The number of hydrogen-bond acceptors (Lipinski definition) is 3. The Hall–Kier alpha value is -0.830. The van der Waals surface area contributed by atoms with Crippen LogP contribution >= 0.6 is 0 Å². The van der Waals surface area contributed by atoms with Gasteiger partial charge in [-0.3, -0.25) is 4.79 Å². The number of aliphatic hydroxyl groups is 1. The maximum absolute atomic E-state index is 11.9. The molecule has 3 nitrogen and oxygen atoms in total. The van der Waals surface area contributed by atoms with Gasteiger partial charge in [0.2, 0.25) is 0 Å². The van der Waals surface area contributed by atoms with Crippen molar-refractivity contribution >= 4 is 5.97 Å². The maximum Gasteiger partial charge on any atom is 0.302 e. The molecule has 0 radical (unpaired) electrons. The second-order valence-electron chi connectivity index (χ2n) is 15.2. The van der Waals surface area contributed by atoms with Crippen molar-refractivity contribution in [3.63, 3.8) is 0 Å². The quantitative estimate of drug-likeness (QED) is 0.332. The molecule has 35 heavy (non-hydrogen) atoms. The summed E-state index contributed by atoms with van der Waals surface area (Å²) in [6, 6.07) is 0. The number of carbonyl (C=O) groups is 1. The first-order valence-corrected chi connectivity index (χ1v) is 14.7. The Labute approximate surface area is 214 Å². The van der Waals surface area contributed by atoms with Crippen molar-refractivity contribution < 1.29 is 14.6 Å². The molecule has 5 aliphatic rings. The molecule has 0 saturated heterocycles. The van der Waals surface area contributed by atoms with Crippen LogP contribution < -0.4 is 0 Å². The summed E-state index contributed by atoms with van der Waals surface area (Å²) >= 11 is 0. The van der Waals surface area contributed by atoms with Crippen LogP contribution in [-0.4, -0.2) is 23.8 Å². The van der Waals surface area contributed by atoms with Crippen molar-refractivity contribution in [3.05, 3.63) is 12.2 Å². The van der Waals surface area contributed by atoms with E-state index in [0.29, 0.717) is 46.5 Å². The van der Waals surface area contributed by atoms with Crippen molar-refractivity contribution in [1.29, 1.82) is 0 Å². The van der Waals surface area contributed by atoms with E-state index < -0.39 is 0 Å². The van der Waals surface area contributed by atoms with Crippen LogP contribution in [0.25, 0.3) is 0 Å². The number of carbonyl (C=O) groups excluding carboxylic acids is 1. The van der Waals surface area contributed by atoms with Gasteiger partial charge >= 0.3 is 5.97 Å². The highest BCUT2D eigenvalue weighted by molar-refractivity contribution is 5.65. The van der Waals surface area contributed by atoms with Crippen molar-refractivity contribution in [2.75, 3.05) is 6.61 Å². The van der Waals surface area contributed by atoms with Crippen LogP contribution in [0.5, 0.6) is 0 Å². The molecular formula is C32H52O3. The van der Waals surface area contributed by atoms with E-state index in [-0.39, 0.29) is 22.9 Å². The predicted molar refractivity (Wildman–Crippen MR) is 142 cm³/mol. The van der Waals surface area contributed by atoms with Crippen LogP contribution in [0.15, 0.2) is 12.2 Å². The van der Waals surface area contributed by atoms with Gasteiger partial charge in [-0.2, -0.15) is 0 Å². The lowest BCUT2D eigenvalue weighted by Gasteiger charge is -2.73. The van der Waals surface area contributed by atoms with Gasteiger partial charge in [0.15, 0.2) is 0 Å². The molecular weight excluding hydrogens is 432 g/mol. The topological polar surface area (TPSA) is 46.5 Å². The summed E-state index contributed by atoms with van der Waals surface area (Å²) in [5.74, 6) is 3.04. The summed E-state index contributed by atoms with van der Waals surface area (Å²) in [4.78, 5) is 11.9. The van der Waals surface area contributed by atoms with Gasteiger partial charge in [-0.1, -0.05) is 46.8 Å². The van der Waals surface area contributed by atoms with Crippen LogP contribution in [0.1, 0.15) is 113 Å². The number of hydrogen-bond donors (Lipinski definition) is 1. The predicted octanol–water partition coefficient (Wildman–Crippen LogP) is 7.57. The fraction of sp³-hybridized carbons (Fsp3) is 0.906. The largest absolute Gasteiger partial charge is 0.465 e.